The lowest BCUT2D eigenvalue weighted by atomic mass is 10.0. The van der Waals surface area contributed by atoms with Gasteiger partial charge in [-0.2, -0.15) is 0 Å². The largest absolute Gasteiger partial charge is 0.497 e. The van der Waals surface area contributed by atoms with Gasteiger partial charge in [0.1, 0.15) is 11.5 Å². The van der Waals surface area contributed by atoms with Crippen LogP contribution in [0.2, 0.25) is 0 Å². The molecule has 3 rings (SSSR count). The van der Waals surface area contributed by atoms with Crippen LogP contribution >= 0.6 is 0 Å². The van der Waals surface area contributed by atoms with E-state index >= 15 is 0 Å². The lowest BCUT2D eigenvalue weighted by molar-refractivity contribution is -0.127. The molecule has 0 radical (unpaired) electrons. The number of likely N-dealkylation sites (N-methyl/N-ethyl adjacent to an activating group) is 1. The van der Waals surface area contributed by atoms with Crippen LogP contribution in [0.4, 0.5) is 0 Å². The van der Waals surface area contributed by atoms with E-state index in [2.05, 4.69) is 30.1 Å². The Balaban J connectivity index is 1.68. The van der Waals surface area contributed by atoms with Gasteiger partial charge in [-0.25, -0.2) is 0 Å². The average Bonchev–Trinajstić information content (AvgIpc) is 3.15. The number of rotatable bonds is 8. The van der Waals surface area contributed by atoms with Gasteiger partial charge < -0.3 is 14.8 Å². The third-order valence-corrected chi connectivity index (χ3v) is 5.14. The molecule has 0 saturated heterocycles. The predicted molar refractivity (Wildman–Crippen MR) is 106 cm³/mol. The van der Waals surface area contributed by atoms with Crippen molar-refractivity contribution in [2.75, 3.05) is 26.7 Å². The van der Waals surface area contributed by atoms with Crippen molar-refractivity contribution >= 4 is 5.91 Å². The minimum Gasteiger partial charge on any atom is -0.497 e. The summed E-state index contributed by atoms with van der Waals surface area (Å²) in [5.41, 5.74) is 2.22. The zero-order valence-corrected chi connectivity index (χ0v) is 16.3. The molecular formula is C22H28N2O3. The summed E-state index contributed by atoms with van der Waals surface area (Å²) in [6.07, 6.45) is 0.168. The molecule has 2 atom stereocenters. The summed E-state index contributed by atoms with van der Waals surface area (Å²) in [5, 5.41) is 3.10. The van der Waals surface area contributed by atoms with Crippen molar-refractivity contribution in [3.05, 3.63) is 59.7 Å². The van der Waals surface area contributed by atoms with Gasteiger partial charge in [0, 0.05) is 13.0 Å². The standard InChI is InChI=1S/C22H28N2O3/c1-4-24(5-2)19(16-10-8-11-18(13-16)26-3)15-23-22(25)21-14-17-9-6-7-12-20(17)27-21/h6-13,19,21H,4-5,14-15H2,1-3H3,(H,23,25)/t19-,21+/m1/s1. The molecule has 5 heteroatoms. The van der Waals surface area contributed by atoms with Crippen molar-refractivity contribution < 1.29 is 14.3 Å². The fourth-order valence-electron chi connectivity index (χ4n) is 3.61. The van der Waals surface area contributed by atoms with Crippen molar-refractivity contribution in [2.45, 2.75) is 32.4 Å². The maximum atomic E-state index is 12.7. The number of hydrogen-bond donors (Lipinski definition) is 1. The Hall–Kier alpha value is -2.53. The van der Waals surface area contributed by atoms with Gasteiger partial charge in [0.25, 0.3) is 5.91 Å². The quantitative estimate of drug-likeness (QED) is 0.777. The molecule has 1 amide bonds. The Morgan fingerprint density at radius 2 is 2.00 bits per heavy atom. The zero-order valence-electron chi connectivity index (χ0n) is 16.3. The van der Waals surface area contributed by atoms with E-state index in [9.17, 15) is 4.79 Å². The van der Waals surface area contributed by atoms with Gasteiger partial charge in [-0.05, 0) is 42.4 Å². The normalized spacial score (nSPS) is 16.5. The maximum Gasteiger partial charge on any atom is 0.261 e. The Kier molecular flexibility index (Phi) is 6.35. The molecule has 1 aliphatic rings. The van der Waals surface area contributed by atoms with Crippen molar-refractivity contribution in [2.24, 2.45) is 0 Å². The maximum absolute atomic E-state index is 12.7. The monoisotopic (exact) mass is 368 g/mol. The molecule has 2 aromatic rings. The molecule has 1 N–H and O–H groups in total. The Morgan fingerprint density at radius 1 is 1.22 bits per heavy atom. The highest BCUT2D eigenvalue weighted by Gasteiger charge is 2.29. The minimum atomic E-state index is -0.454. The third-order valence-electron chi connectivity index (χ3n) is 5.14. The number of nitrogens with zero attached hydrogens (tertiary/aromatic N) is 1. The molecule has 2 aromatic carbocycles. The first kappa shape index (κ1) is 19.2. The van der Waals surface area contributed by atoms with E-state index in [-0.39, 0.29) is 11.9 Å². The van der Waals surface area contributed by atoms with E-state index in [1.165, 1.54) is 0 Å². The van der Waals surface area contributed by atoms with Gasteiger partial charge in [0.15, 0.2) is 6.10 Å². The summed E-state index contributed by atoms with van der Waals surface area (Å²) >= 11 is 0. The smallest absolute Gasteiger partial charge is 0.261 e. The molecule has 0 aromatic heterocycles. The SMILES string of the molecule is CCN(CC)[C@H](CNC(=O)[C@@H]1Cc2ccccc2O1)c1cccc(OC)c1. The summed E-state index contributed by atoms with van der Waals surface area (Å²) in [6, 6.07) is 16.0. The number of hydrogen-bond acceptors (Lipinski definition) is 4. The van der Waals surface area contributed by atoms with Crippen LogP contribution in [0.5, 0.6) is 11.5 Å². The lowest BCUT2D eigenvalue weighted by Gasteiger charge is -2.30. The molecule has 0 fully saturated rings. The fraction of sp³-hybridized carbons (Fsp3) is 0.409. The number of fused-ring (bicyclic) bond motifs is 1. The van der Waals surface area contributed by atoms with Gasteiger partial charge in [-0.3, -0.25) is 9.69 Å². The minimum absolute atomic E-state index is 0.0637. The molecule has 0 bridgehead atoms. The topological polar surface area (TPSA) is 50.8 Å². The second-order valence-electron chi connectivity index (χ2n) is 6.68. The van der Waals surface area contributed by atoms with E-state index in [4.69, 9.17) is 9.47 Å². The van der Waals surface area contributed by atoms with Crippen LogP contribution in [0.1, 0.15) is 31.0 Å². The number of ether oxygens (including phenoxy) is 2. The first-order valence-corrected chi connectivity index (χ1v) is 9.56. The van der Waals surface area contributed by atoms with Crippen molar-refractivity contribution in [1.82, 2.24) is 10.2 Å². The number of benzene rings is 2. The van der Waals surface area contributed by atoms with Crippen molar-refractivity contribution in [3.63, 3.8) is 0 Å². The number of amides is 1. The molecular weight excluding hydrogens is 340 g/mol. The summed E-state index contributed by atoms with van der Waals surface area (Å²) in [4.78, 5) is 15.0. The Morgan fingerprint density at radius 3 is 2.70 bits per heavy atom. The molecule has 27 heavy (non-hydrogen) atoms. The molecule has 144 valence electrons. The Labute approximate surface area is 161 Å². The number of carbonyl (C=O) groups excluding carboxylic acids is 1. The fourth-order valence-corrected chi connectivity index (χ4v) is 3.61. The number of methoxy groups -OCH3 is 1. The van der Waals surface area contributed by atoms with Gasteiger partial charge in [0.05, 0.1) is 13.2 Å². The van der Waals surface area contributed by atoms with Crippen LogP contribution in [-0.2, 0) is 11.2 Å². The highest BCUT2D eigenvalue weighted by Crippen LogP contribution is 2.28. The van der Waals surface area contributed by atoms with Crippen LogP contribution in [-0.4, -0.2) is 43.7 Å². The second-order valence-corrected chi connectivity index (χ2v) is 6.68. The first-order chi connectivity index (χ1) is 13.2. The van der Waals surface area contributed by atoms with E-state index in [1.54, 1.807) is 7.11 Å². The van der Waals surface area contributed by atoms with Crippen molar-refractivity contribution in [3.8, 4) is 11.5 Å². The Bertz CT molecular complexity index is 749. The van der Waals surface area contributed by atoms with E-state index in [1.807, 2.05) is 42.5 Å². The zero-order chi connectivity index (χ0) is 19.2. The van der Waals surface area contributed by atoms with Crippen LogP contribution in [0.3, 0.4) is 0 Å². The molecule has 0 saturated carbocycles. The average molecular weight is 368 g/mol. The van der Waals surface area contributed by atoms with Crippen LogP contribution < -0.4 is 14.8 Å². The summed E-state index contributed by atoms with van der Waals surface area (Å²) < 4.78 is 11.2. The molecule has 0 unspecified atom stereocenters. The number of para-hydroxylation sites is 1. The second kappa shape index (κ2) is 8.91. The number of nitrogens with one attached hydrogen (secondary N) is 1. The summed E-state index contributed by atoms with van der Waals surface area (Å²) in [7, 11) is 1.67. The van der Waals surface area contributed by atoms with Gasteiger partial charge >= 0.3 is 0 Å². The van der Waals surface area contributed by atoms with E-state index < -0.39 is 6.10 Å². The molecule has 0 aliphatic carbocycles. The lowest BCUT2D eigenvalue weighted by Crippen LogP contribution is -2.43. The van der Waals surface area contributed by atoms with E-state index in [0.29, 0.717) is 13.0 Å². The molecule has 1 aliphatic heterocycles. The van der Waals surface area contributed by atoms with Crippen molar-refractivity contribution in [1.29, 1.82) is 0 Å². The van der Waals surface area contributed by atoms with Crippen LogP contribution in [0.15, 0.2) is 48.5 Å². The highest BCUT2D eigenvalue weighted by atomic mass is 16.5. The third kappa shape index (κ3) is 4.42. The van der Waals surface area contributed by atoms with E-state index in [0.717, 1.165) is 35.7 Å². The summed E-state index contributed by atoms with van der Waals surface area (Å²) in [5.74, 6) is 1.57. The predicted octanol–water partition coefficient (Wildman–Crippen LogP) is 3.20. The molecule has 0 spiro atoms. The van der Waals surface area contributed by atoms with Crippen LogP contribution in [0, 0.1) is 0 Å². The van der Waals surface area contributed by atoms with Gasteiger partial charge in [-0.15, -0.1) is 0 Å². The molecule has 5 nitrogen and oxygen atoms in total. The summed E-state index contributed by atoms with van der Waals surface area (Å²) in [6.45, 7) is 6.60. The highest BCUT2D eigenvalue weighted by molar-refractivity contribution is 5.82. The number of carbonyl (C=O) groups is 1. The molecule has 1 heterocycles. The first-order valence-electron chi connectivity index (χ1n) is 9.56. The van der Waals surface area contributed by atoms with Gasteiger partial charge in [-0.1, -0.05) is 44.2 Å². The van der Waals surface area contributed by atoms with Gasteiger partial charge in [0.2, 0.25) is 0 Å². The van der Waals surface area contributed by atoms with Crippen LogP contribution in [0.25, 0.3) is 0 Å².